The van der Waals surface area contributed by atoms with Crippen molar-refractivity contribution in [3.8, 4) is 0 Å². The summed E-state index contributed by atoms with van der Waals surface area (Å²) < 4.78 is 6.70. The molecule has 2 N–H and O–H groups in total. The van der Waals surface area contributed by atoms with Gasteiger partial charge in [0.1, 0.15) is 0 Å². The van der Waals surface area contributed by atoms with Gasteiger partial charge < -0.3 is 9.94 Å². The first-order valence-electron chi connectivity index (χ1n) is 8.99. The second-order valence-corrected chi connectivity index (χ2v) is 9.51. The van der Waals surface area contributed by atoms with Crippen molar-refractivity contribution in [3.63, 3.8) is 0 Å². The van der Waals surface area contributed by atoms with Crippen LogP contribution in [0.1, 0.15) is 51.7 Å². The molecule has 138 valence electrons. The minimum absolute atomic E-state index is 0.111. The first-order chi connectivity index (χ1) is 12.7. The number of carbonyl (C=O) groups is 1. The Kier molecular flexibility index (Phi) is 5.47. The van der Waals surface area contributed by atoms with Crippen LogP contribution in [-0.4, -0.2) is 24.7 Å². The zero-order valence-electron chi connectivity index (χ0n) is 14.6. The summed E-state index contributed by atoms with van der Waals surface area (Å²) in [5.74, 6) is 0.864. The van der Waals surface area contributed by atoms with Crippen molar-refractivity contribution in [2.75, 3.05) is 13.2 Å². The Bertz CT molecular complexity index is 769. The highest BCUT2D eigenvalue weighted by Crippen LogP contribution is 2.52. The predicted molar refractivity (Wildman–Crippen MR) is 104 cm³/mol. The van der Waals surface area contributed by atoms with E-state index in [0.29, 0.717) is 0 Å². The number of thiophene rings is 1. The second kappa shape index (κ2) is 7.82. The number of aldehydes is 1. The highest BCUT2D eigenvalue weighted by Gasteiger charge is 2.43. The van der Waals surface area contributed by atoms with Gasteiger partial charge in [-0.2, -0.15) is 5.48 Å². The summed E-state index contributed by atoms with van der Waals surface area (Å²) in [7, 11) is 0. The fraction of sp³-hybridized carbons (Fsp3) is 0.450. The molecule has 0 saturated carbocycles. The maximum Gasteiger partial charge on any atom is 0.160 e. The average molecular weight is 390 g/mol. The predicted octanol–water partition coefficient (Wildman–Crippen LogP) is 4.62. The Morgan fingerprint density at radius 1 is 1.31 bits per heavy atom. The van der Waals surface area contributed by atoms with E-state index >= 15 is 0 Å². The summed E-state index contributed by atoms with van der Waals surface area (Å²) in [6.07, 6.45) is 4.79. The lowest BCUT2D eigenvalue weighted by molar-refractivity contribution is -0.0123. The molecule has 4 nitrogen and oxygen atoms in total. The number of thioether (sulfide) groups is 1. The van der Waals surface area contributed by atoms with Crippen LogP contribution < -0.4 is 5.48 Å². The summed E-state index contributed by atoms with van der Waals surface area (Å²) in [5.41, 5.74) is 6.21. The molecule has 2 aromatic rings. The third-order valence-corrected chi connectivity index (χ3v) is 8.14. The maximum absolute atomic E-state index is 11.7. The molecule has 26 heavy (non-hydrogen) atoms. The Hall–Kier alpha value is -1.18. The van der Waals surface area contributed by atoms with Gasteiger partial charge in [0, 0.05) is 19.0 Å². The number of hydrogen-bond acceptors (Lipinski definition) is 6. The van der Waals surface area contributed by atoms with Gasteiger partial charge in [-0.1, -0.05) is 30.3 Å². The van der Waals surface area contributed by atoms with Gasteiger partial charge >= 0.3 is 0 Å². The van der Waals surface area contributed by atoms with E-state index in [2.05, 4.69) is 17.6 Å². The third kappa shape index (κ3) is 3.49. The molecular weight excluding hydrogens is 366 g/mol. The smallest absolute Gasteiger partial charge is 0.160 e. The molecule has 1 fully saturated rings. The van der Waals surface area contributed by atoms with E-state index in [9.17, 15) is 10.0 Å². The lowest BCUT2D eigenvalue weighted by Gasteiger charge is -2.43. The van der Waals surface area contributed by atoms with E-state index in [0.717, 1.165) is 71.1 Å². The van der Waals surface area contributed by atoms with Crippen molar-refractivity contribution in [3.05, 3.63) is 51.9 Å². The van der Waals surface area contributed by atoms with Gasteiger partial charge in [-0.3, -0.25) is 4.79 Å². The van der Waals surface area contributed by atoms with Gasteiger partial charge in [-0.05, 0) is 47.8 Å². The summed E-state index contributed by atoms with van der Waals surface area (Å²) in [6.45, 7) is 1.54. The Labute approximate surface area is 161 Å². The van der Waals surface area contributed by atoms with Gasteiger partial charge in [-0.25, -0.2) is 0 Å². The molecule has 0 bridgehead atoms. The summed E-state index contributed by atoms with van der Waals surface area (Å²) in [6, 6.07) is 10.2. The van der Waals surface area contributed by atoms with E-state index in [1.165, 1.54) is 5.56 Å². The van der Waals surface area contributed by atoms with Crippen LogP contribution in [0.5, 0.6) is 0 Å². The minimum atomic E-state index is -0.111. The van der Waals surface area contributed by atoms with Crippen molar-refractivity contribution in [1.82, 2.24) is 5.48 Å². The van der Waals surface area contributed by atoms with Crippen LogP contribution in [-0.2, 0) is 16.9 Å². The standard InChI is InChI=1S/C20H23NO3S2/c22-12-17-15-10-20(6-8-24-9-7-20)11-16(21-23)18(15)19(26-17)25-13-14-4-2-1-3-5-14/h1-5,12,16,21,23H,6-11,13H2. The van der Waals surface area contributed by atoms with Crippen LogP contribution in [0.3, 0.4) is 0 Å². The highest BCUT2D eigenvalue weighted by molar-refractivity contribution is 8.00. The largest absolute Gasteiger partial charge is 0.381 e. The molecule has 1 saturated heterocycles. The Balaban J connectivity index is 1.65. The van der Waals surface area contributed by atoms with Crippen LogP contribution in [0.15, 0.2) is 34.5 Å². The van der Waals surface area contributed by atoms with Crippen molar-refractivity contribution < 1.29 is 14.7 Å². The zero-order valence-corrected chi connectivity index (χ0v) is 16.2. The van der Waals surface area contributed by atoms with Crippen molar-refractivity contribution >= 4 is 29.4 Å². The number of hydrogen-bond donors (Lipinski definition) is 2. The molecule has 1 unspecified atom stereocenters. The van der Waals surface area contributed by atoms with Crippen molar-refractivity contribution in [2.45, 2.75) is 41.7 Å². The quantitative estimate of drug-likeness (QED) is 0.444. The van der Waals surface area contributed by atoms with Gasteiger partial charge in [-0.15, -0.1) is 23.1 Å². The average Bonchev–Trinajstić information content (AvgIpc) is 3.04. The number of fused-ring (bicyclic) bond motifs is 1. The van der Waals surface area contributed by atoms with Crippen molar-refractivity contribution in [2.24, 2.45) is 5.41 Å². The van der Waals surface area contributed by atoms with Crippen LogP contribution in [0.25, 0.3) is 0 Å². The van der Waals surface area contributed by atoms with Crippen LogP contribution in [0.4, 0.5) is 0 Å². The van der Waals surface area contributed by atoms with E-state index in [1.54, 1.807) is 23.1 Å². The maximum atomic E-state index is 11.7. The van der Waals surface area contributed by atoms with Gasteiger partial charge in [0.05, 0.1) is 15.1 Å². The van der Waals surface area contributed by atoms with Gasteiger partial charge in [0.15, 0.2) is 6.29 Å². The molecule has 6 heteroatoms. The van der Waals surface area contributed by atoms with E-state index in [4.69, 9.17) is 4.74 Å². The molecule has 1 aromatic heterocycles. The monoisotopic (exact) mass is 389 g/mol. The molecule has 1 aliphatic heterocycles. The number of nitrogens with one attached hydrogen (secondary N) is 1. The fourth-order valence-electron chi connectivity index (χ4n) is 4.21. The number of carbonyl (C=O) groups excluding carboxylic acids is 1. The molecule has 1 aromatic carbocycles. The summed E-state index contributed by atoms with van der Waals surface area (Å²) in [4.78, 5) is 12.5. The van der Waals surface area contributed by atoms with Crippen LogP contribution >= 0.6 is 23.1 Å². The van der Waals surface area contributed by atoms with Gasteiger partial charge in [0.25, 0.3) is 0 Å². The zero-order chi connectivity index (χ0) is 18.0. The minimum Gasteiger partial charge on any atom is -0.381 e. The lowest BCUT2D eigenvalue weighted by Crippen LogP contribution is -2.39. The van der Waals surface area contributed by atoms with Crippen LogP contribution in [0, 0.1) is 5.41 Å². The van der Waals surface area contributed by atoms with Gasteiger partial charge in [0.2, 0.25) is 0 Å². The van der Waals surface area contributed by atoms with E-state index in [-0.39, 0.29) is 11.5 Å². The molecular formula is C20H23NO3S2. The lowest BCUT2D eigenvalue weighted by atomic mass is 9.66. The second-order valence-electron chi connectivity index (χ2n) is 7.21. The molecule has 1 aliphatic carbocycles. The topological polar surface area (TPSA) is 58.6 Å². The molecule has 0 amide bonds. The summed E-state index contributed by atoms with van der Waals surface area (Å²) in [5, 5.41) is 9.87. The van der Waals surface area contributed by atoms with E-state index in [1.807, 2.05) is 18.2 Å². The highest BCUT2D eigenvalue weighted by atomic mass is 32.2. The third-order valence-electron chi connectivity index (χ3n) is 5.61. The first kappa shape index (κ1) is 18.2. The Morgan fingerprint density at radius 3 is 2.77 bits per heavy atom. The Morgan fingerprint density at radius 2 is 2.08 bits per heavy atom. The fourth-order valence-corrected chi connectivity index (χ4v) is 6.73. The first-order valence-corrected chi connectivity index (χ1v) is 10.8. The number of ether oxygens (including phenoxy) is 1. The number of rotatable bonds is 5. The number of hydroxylamine groups is 1. The number of benzene rings is 1. The molecule has 1 atom stereocenters. The SMILES string of the molecule is O=Cc1sc(SCc2ccccc2)c2c1CC1(CCOCC1)CC2NO. The van der Waals surface area contributed by atoms with Crippen LogP contribution in [0.2, 0.25) is 0 Å². The normalized spacial score (nSPS) is 21.5. The molecule has 2 heterocycles. The molecule has 2 aliphatic rings. The molecule has 1 spiro atoms. The molecule has 4 rings (SSSR count). The molecule has 0 radical (unpaired) electrons. The van der Waals surface area contributed by atoms with Crippen molar-refractivity contribution in [1.29, 1.82) is 0 Å². The van der Waals surface area contributed by atoms with E-state index < -0.39 is 0 Å². The summed E-state index contributed by atoms with van der Waals surface area (Å²) >= 11 is 3.34.